The third-order valence-corrected chi connectivity index (χ3v) is 2.60. The maximum atomic E-state index is 13.3. The second kappa shape index (κ2) is 5.32. The summed E-state index contributed by atoms with van der Waals surface area (Å²) in [5, 5.41) is 10.1. The first-order chi connectivity index (χ1) is 8.97. The van der Waals surface area contributed by atoms with Crippen LogP contribution in [0.15, 0.2) is 18.3 Å². The Morgan fingerprint density at radius 3 is 2.74 bits per heavy atom. The fourth-order valence-electron chi connectivity index (χ4n) is 1.36. The fraction of sp³-hybridized carbons (Fsp3) is 0.0909. The Morgan fingerprint density at radius 1 is 1.32 bits per heavy atom. The fourth-order valence-corrected chi connectivity index (χ4v) is 1.71. The number of aromatic nitrogens is 2. The Morgan fingerprint density at radius 2 is 2.05 bits per heavy atom. The van der Waals surface area contributed by atoms with E-state index in [4.69, 9.17) is 10.5 Å². The molecule has 2 rings (SSSR count). The zero-order chi connectivity index (χ0) is 14.0. The van der Waals surface area contributed by atoms with Gasteiger partial charge in [-0.2, -0.15) is 4.98 Å². The molecule has 1 aromatic heterocycles. The first kappa shape index (κ1) is 13.4. The lowest BCUT2D eigenvalue weighted by Gasteiger charge is -2.08. The number of phenolic OH excluding ortho intramolecular Hbond substituents is 1. The highest BCUT2D eigenvalue weighted by Gasteiger charge is 2.10. The summed E-state index contributed by atoms with van der Waals surface area (Å²) in [6.45, 7) is -0.171. The summed E-state index contributed by atoms with van der Waals surface area (Å²) in [5.41, 5.74) is 5.47. The molecule has 0 radical (unpaired) electrons. The number of phenols is 1. The van der Waals surface area contributed by atoms with Crippen molar-refractivity contribution in [2.75, 3.05) is 5.73 Å². The minimum absolute atomic E-state index is 0.159. The van der Waals surface area contributed by atoms with Crippen molar-refractivity contribution in [2.45, 2.75) is 6.61 Å². The molecule has 1 aromatic carbocycles. The third kappa shape index (κ3) is 3.06. The quantitative estimate of drug-likeness (QED) is 0.826. The molecule has 1 heterocycles. The molecule has 100 valence electrons. The summed E-state index contributed by atoms with van der Waals surface area (Å²) in [5.74, 6) is -2.37. The largest absolute Gasteiger partial charge is 0.505 e. The minimum atomic E-state index is -0.759. The van der Waals surface area contributed by atoms with E-state index in [0.29, 0.717) is 5.30 Å². The van der Waals surface area contributed by atoms with E-state index in [9.17, 15) is 13.9 Å². The van der Waals surface area contributed by atoms with Gasteiger partial charge < -0.3 is 15.6 Å². The number of rotatable bonds is 3. The number of nitrogens with zero attached hydrogens (tertiary/aromatic N) is 2. The van der Waals surface area contributed by atoms with Gasteiger partial charge in [0.05, 0.1) is 6.20 Å². The monoisotopic (exact) mass is 285 g/mol. The maximum absolute atomic E-state index is 13.3. The van der Waals surface area contributed by atoms with Gasteiger partial charge in [-0.25, -0.2) is 13.8 Å². The summed E-state index contributed by atoms with van der Waals surface area (Å²) in [6.07, 6.45) is 0.865. The lowest BCUT2D eigenvalue weighted by molar-refractivity contribution is 0.272. The van der Waals surface area contributed by atoms with Gasteiger partial charge in [0.15, 0.2) is 23.2 Å². The summed E-state index contributed by atoms with van der Waals surface area (Å²) in [7, 11) is 2.30. The van der Waals surface area contributed by atoms with E-state index < -0.39 is 17.4 Å². The Bertz CT molecular complexity index is 625. The van der Waals surface area contributed by atoms with E-state index in [0.717, 1.165) is 12.3 Å². The average molecular weight is 285 g/mol. The molecule has 0 fully saturated rings. The summed E-state index contributed by atoms with van der Waals surface area (Å²) < 4.78 is 31.2. The van der Waals surface area contributed by atoms with Crippen LogP contribution in [0.25, 0.3) is 0 Å². The Labute approximate surface area is 109 Å². The number of hydrogen-bond acceptors (Lipinski definition) is 5. The van der Waals surface area contributed by atoms with E-state index in [1.54, 1.807) is 0 Å². The molecular formula is C11H10F2N3O2P. The number of halogens is 2. The highest BCUT2D eigenvalue weighted by Crippen LogP contribution is 2.22. The van der Waals surface area contributed by atoms with Crippen LogP contribution in [0.4, 0.5) is 14.6 Å². The molecule has 0 spiro atoms. The van der Waals surface area contributed by atoms with Crippen LogP contribution < -0.4 is 15.8 Å². The zero-order valence-electron chi connectivity index (χ0n) is 9.60. The van der Waals surface area contributed by atoms with Crippen LogP contribution >= 0.6 is 9.24 Å². The van der Waals surface area contributed by atoms with Crippen LogP contribution in [0.3, 0.4) is 0 Å². The predicted molar refractivity (Wildman–Crippen MR) is 68.1 cm³/mol. The van der Waals surface area contributed by atoms with E-state index in [-0.39, 0.29) is 24.0 Å². The first-order valence-electron chi connectivity index (χ1n) is 5.15. The second-order valence-electron chi connectivity index (χ2n) is 3.68. The van der Waals surface area contributed by atoms with Crippen molar-refractivity contribution < 1.29 is 18.6 Å². The van der Waals surface area contributed by atoms with Gasteiger partial charge in [0.1, 0.15) is 6.61 Å². The molecule has 0 saturated carbocycles. The highest BCUT2D eigenvalue weighted by molar-refractivity contribution is 7.27. The first-order valence-corrected chi connectivity index (χ1v) is 5.73. The number of benzene rings is 1. The molecule has 2 aromatic rings. The minimum Gasteiger partial charge on any atom is -0.505 e. The molecule has 0 aliphatic rings. The Kier molecular flexibility index (Phi) is 3.76. The van der Waals surface area contributed by atoms with Gasteiger partial charge in [0.2, 0.25) is 0 Å². The molecule has 0 bridgehead atoms. The van der Waals surface area contributed by atoms with Crippen LogP contribution in [0.1, 0.15) is 5.56 Å². The smallest absolute Gasteiger partial charge is 0.318 e. The molecule has 0 aliphatic carbocycles. The van der Waals surface area contributed by atoms with E-state index >= 15 is 0 Å². The molecular weight excluding hydrogens is 275 g/mol. The molecule has 19 heavy (non-hydrogen) atoms. The summed E-state index contributed by atoms with van der Waals surface area (Å²) in [4.78, 5) is 7.11. The van der Waals surface area contributed by atoms with E-state index in [1.165, 1.54) is 6.07 Å². The van der Waals surface area contributed by atoms with E-state index in [2.05, 4.69) is 19.2 Å². The van der Waals surface area contributed by atoms with Crippen LogP contribution in [0, 0.1) is 11.6 Å². The van der Waals surface area contributed by atoms with Gasteiger partial charge in [0.25, 0.3) is 0 Å². The van der Waals surface area contributed by atoms with Gasteiger partial charge in [-0.3, -0.25) is 0 Å². The zero-order valence-corrected chi connectivity index (χ0v) is 10.8. The molecule has 8 heteroatoms. The van der Waals surface area contributed by atoms with Gasteiger partial charge in [-0.05, 0) is 17.4 Å². The number of hydrogen-bond donors (Lipinski definition) is 2. The molecule has 0 amide bonds. The average Bonchev–Trinajstić information content (AvgIpc) is 2.36. The predicted octanol–water partition coefficient (Wildman–Crippen LogP) is 1.12. The summed E-state index contributed by atoms with van der Waals surface area (Å²) in [6, 6.07) is 2.53. The standard InChI is InChI=1S/C11H10F2N3O2P/c12-7-2-6(19)1-5(9(7)17)4-18-11-15-3-8(13)10(14)16-11/h1-3,17H,4,19H2,(H2,14,15,16). The van der Waals surface area contributed by atoms with Crippen molar-refractivity contribution in [3.63, 3.8) is 0 Å². The second-order valence-corrected chi connectivity index (χ2v) is 4.35. The molecule has 0 saturated heterocycles. The van der Waals surface area contributed by atoms with Crippen molar-refractivity contribution in [3.8, 4) is 11.8 Å². The Balaban J connectivity index is 2.16. The third-order valence-electron chi connectivity index (χ3n) is 2.27. The number of nitrogens with two attached hydrogens (primary N) is 1. The Hall–Kier alpha value is -2.01. The van der Waals surface area contributed by atoms with Crippen molar-refractivity contribution in [1.82, 2.24) is 9.97 Å². The van der Waals surface area contributed by atoms with Gasteiger partial charge in [0, 0.05) is 5.56 Å². The van der Waals surface area contributed by atoms with Crippen molar-refractivity contribution in [3.05, 3.63) is 35.5 Å². The van der Waals surface area contributed by atoms with Crippen LogP contribution in [-0.4, -0.2) is 15.1 Å². The van der Waals surface area contributed by atoms with Crippen LogP contribution in [0.2, 0.25) is 0 Å². The number of aromatic hydroxyl groups is 1. The van der Waals surface area contributed by atoms with Gasteiger partial charge in [-0.15, -0.1) is 9.24 Å². The lowest BCUT2D eigenvalue weighted by Crippen LogP contribution is -2.05. The summed E-state index contributed by atoms with van der Waals surface area (Å²) >= 11 is 0. The normalized spacial score (nSPS) is 10.5. The number of nitrogen functional groups attached to an aromatic ring is 1. The molecule has 1 atom stereocenters. The maximum Gasteiger partial charge on any atom is 0.318 e. The molecule has 5 nitrogen and oxygen atoms in total. The molecule has 1 unspecified atom stereocenters. The van der Waals surface area contributed by atoms with E-state index in [1.807, 2.05) is 0 Å². The van der Waals surface area contributed by atoms with Crippen LogP contribution in [0.5, 0.6) is 11.8 Å². The topological polar surface area (TPSA) is 81.3 Å². The molecule has 0 aliphatic heterocycles. The van der Waals surface area contributed by atoms with Gasteiger partial charge >= 0.3 is 6.01 Å². The van der Waals surface area contributed by atoms with Crippen molar-refractivity contribution >= 4 is 20.4 Å². The van der Waals surface area contributed by atoms with Crippen LogP contribution in [-0.2, 0) is 6.61 Å². The van der Waals surface area contributed by atoms with Crippen molar-refractivity contribution in [2.24, 2.45) is 0 Å². The molecule has 3 N–H and O–H groups in total. The van der Waals surface area contributed by atoms with Crippen molar-refractivity contribution in [1.29, 1.82) is 0 Å². The number of ether oxygens (including phenoxy) is 1. The van der Waals surface area contributed by atoms with Gasteiger partial charge in [-0.1, -0.05) is 0 Å². The highest BCUT2D eigenvalue weighted by atomic mass is 31.0. The lowest BCUT2D eigenvalue weighted by atomic mass is 10.2. The SMILES string of the molecule is Nc1nc(OCc2cc(P)cc(F)c2O)ncc1F. The number of anilines is 1.